The Labute approximate surface area is 79.7 Å². The van der Waals surface area contributed by atoms with Gasteiger partial charge in [0.2, 0.25) is 0 Å². The number of carbonyl (C=O) groups is 1. The van der Waals surface area contributed by atoms with Crippen LogP contribution in [0.4, 0.5) is 5.82 Å². The summed E-state index contributed by atoms with van der Waals surface area (Å²) in [6.07, 6.45) is 2.80. The van der Waals surface area contributed by atoms with Crippen molar-refractivity contribution in [2.24, 2.45) is 0 Å². The fraction of sp³-hybridized carbons (Fsp3) is 0.111. The minimum Gasteiger partial charge on any atom is -0.472 e. The molecule has 5 nitrogen and oxygen atoms in total. The van der Waals surface area contributed by atoms with Crippen molar-refractivity contribution in [3.05, 3.63) is 36.0 Å². The normalized spacial score (nSPS) is 10.1. The zero-order valence-corrected chi connectivity index (χ0v) is 7.48. The Morgan fingerprint density at radius 2 is 2.43 bits per heavy atom. The molecular weight excluding hydrogens is 184 g/mol. The number of nitrogens with zero attached hydrogens (tertiary/aromatic N) is 1. The molecule has 0 fully saturated rings. The van der Waals surface area contributed by atoms with Gasteiger partial charge in [0.15, 0.2) is 5.82 Å². The van der Waals surface area contributed by atoms with Gasteiger partial charge in [0.05, 0.1) is 11.8 Å². The molecule has 0 radical (unpaired) electrons. The highest BCUT2D eigenvalue weighted by Crippen LogP contribution is 2.09. The molecule has 0 atom stereocenters. The van der Waals surface area contributed by atoms with Crippen molar-refractivity contribution in [2.45, 2.75) is 6.92 Å². The summed E-state index contributed by atoms with van der Waals surface area (Å²) in [4.78, 5) is 11.4. The van der Waals surface area contributed by atoms with Crippen molar-refractivity contribution in [3.8, 4) is 0 Å². The fourth-order valence-corrected chi connectivity index (χ4v) is 1.01. The molecule has 0 bridgehead atoms. The van der Waals surface area contributed by atoms with Gasteiger partial charge in [-0.15, -0.1) is 0 Å². The van der Waals surface area contributed by atoms with Gasteiger partial charge in [0, 0.05) is 6.07 Å². The van der Waals surface area contributed by atoms with Gasteiger partial charge >= 0.3 is 0 Å². The van der Waals surface area contributed by atoms with E-state index in [-0.39, 0.29) is 5.91 Å². The summed E-state index contributed by atoms with van der Waals surface area (Å²) in [5, 5.41) is 6.19. The predicted octanol–water partition coefficient (Wildman–Crippen LogP) is 1.83. The van der Waals surface area contributed by atoms with Gasteiger partial charge < -0.3 is 14.3 Å². The Hall–Kier alpha value is -2.04. The van der Waals surface area contributed by atoms with Crippen LogP contribution in [0.25, 0.3) is 0 Å². The lowest BCUT2D eigenvalue weighted by Crippen LogP contribution is -2.10. The molecule has 0 aliphatic heterocycles. The van der Waals surface area contributed by atoms with Crippen LogP contribution < -0.4 is 5.32 Å². The Balaban J connectivity index is 2.09. The van der Waals surface area contributed by atoms with Crippen molar-refractivity contribution in [2.75, 3.05) is 5.32 Å². The van der Waals surface area contributed by atoms with E-state index >= 15 is 0 Å². The number of nitrogens with one attached hydrogen (secondary N) is 1. The summed E-state index contributed by atoms with van der Waals surface area (Å²) in [5.41, 5.74) is 0.450. The first-order chi connectivity index (χ1) is 6.75. The minimum atomic E-state index is -0.271. The van der Waals surface area contributed by atoms with Gasteiger partial charge in [0.25, 0.3) is 5.91 Å². The number of furan rings is 1. The van der Waals surface area contributed by atoms with Gasteiger partial charge in [-0.3, -0.25) is 4.79 Å². The second-order valence-electron chi connectivity index (χ2n) is 2.79. The molecule has 0 spiro atoms. The van der Waals surface area contributed by atoms with Crippen molar-refractivity contribution < 1.29 is 13.7 Å². The van der Waals surface area contributed by atoms with Crippen LogP contribution in [0.15, 0.2) is 33.6 Å². The van der Waals surface area contributed by atoms with Gasteiger partial charge in [0.1, 0.15) is 12.0 Å². The maximum atomic E-state index is 11.4. The van der Waals surface area contributed by atoms with Gasteiger partial charge in [-0.25, -0.2) is 0 Å². The first kappa shape index (κ1) is 8.55. The highest BCUT2D eigenvalue weighted by atomic mass is 16.5. The Kier molecular flexibility index (Phi) is 2.06. The Bertz CT molecular complexity index is 431. The third-order valence-electron chi connectivity index (χ3n) is 1.65. The van der Waals surface area contributed by atoms with E-state index in [1.54, 1.807) is 19.1 Å². The molecule has 2 aromatic heterocycles. The highest BCUT2D eigenvalue weighted by Gasteiger charge is 2.09. The molecule has 2 rings (SSSR count). The number of aryl methyl sites for hydroxylation is 1. The van der Waals surface area contributed by atoms with E-state index in [1.807, 2.05) is 0 Å². The molecule has 0 unspecified atom stereocenters. The number of hydrogen-bond acceptors (Lipinski definition) is 4. The monoisotopic (exact) mass is 192 g/mol. The van der Waals surface area contributed by atoms with Crippen molar-refractivity contribution >= 4 is 11.7 Å². The minimum absolute atomic E-state index is 0.271. The zero-order valence-electron chi connectivity index (χ0n) is 7.48. The largest absolute Gasteiger partial charge is 0.472 e. The summed E-state index contributed by atoms with van der Waals surface area (Å²) in [5.74, 6) is 0.772. The standard InChI is InChI=1S/C9H8N2O3/c1-6-4-8(11-14-6)10-9(12)7-2-3-13-5-7/h2-5H,1H3,(H,10,11,12). The van der Waals surface area contributed by atoms with E-state index in [0.29, 0.717) is 17.1 Å². The lowest BCUT2D eigenvalue weighted by Gasteiger charge is -1.95. The smallest absolute Gasteiger partial charge is 0.260 e. The number of aromatic nitrogens is 1. The predicted molar refractivity (Wildman–Crippen MR) is 47.9 cm³/mol. The highest BCUT2D eigenvalue weighted by molar-refractivity contribution is 6.03. The summed E-state index contributed by atoms with van der Waals surface area (Å²) in [6.45, 7) is 1.75. The van der Waals surface area contributed by atoms with Gasteiger partial charge in [-0.2, -0.15) is 0 Å². The van der Waals surface area contributed by atoms with Crippen molar-refractivity contribution in [1.29, 1.82) is 0 Å². The van der Waals surface area contributed by atoms with Crippen LogP contribution in [0, 0.1) is 6.92 Å². The van der Waals surface area contributed by atoms with Crippen LogP contribution in [0.5, 0.6) is 0 Å². The molecule has 5 heteroatoms. The molecule has 0 saturated heterocycles. The first-order valence-electron chi connectivity index (χ1n) is 4.02. The summed E-state index contributed by atoms with van der Waals surface area (Å²) in [7, 11) is 0. The number of anilines is 1. The molecule has 0 aromatic carbocycles. The third kappa shape index (κ3) is 1.66. The summed E-state index contributed by atoms with van der Waals surface area (Å²) >= 11 is 0. The molecule has 0 saturated carbocycles. The SMILES string of the molecule is Cc1cc(NC(=O)c2ccoc2)no1. The molecule has 0 aliphatic rings. The van der Waals surface area contributed by atoms with E-state index in [9.17, 15) is 4.79 Å². The second-order valence-corrected chi connectivity index (χ2v) is 2.79. The molecular formula is C9H8N2O3. The van der Waals surface area contributed by atoms with E-state index < -0.39 is 0 Å². The second kappa shape index (κ2) is 3.37. The van der Waals surface area contributed by atoms with Crippen molar-refractivity contribution in [1.82, 2.24) is 5.16 Å². The van der Waals surface area contributed by atoms with Crippen LogP contribution in [-0.4, -0.2) is 11.1 Å². The number of hydrogen-bond donors (Lipinski definition) is 1. The van der Waals surface area contributed by atoms with Crippen LogP contribution in [0.1, 0.15) is 16.1 Å². The maximum Gasteiger partial charge on any atom is 0.260 e. The molecule has 1 N–H and O–H groups in total. The number of carbonyl (C=O) groups excluding carboxylic acids is 1. The number of amides is 1. The van der Waals surface area contributed by atoms with Gasteiger partial charge in [-0.05, 0) is 13.0 Å². The molecule has 72 valence electrons. The fourth-order valence-electron chi connectivity index (χ4n) is 1.01. The summed E-state index contributed by atoms with van der Waals surface area (Å²) < 4.78 is 9.57. The summed E-state index contributed by atoms with van der Waals surface area (Å²) in [6, 6.07) is 3.21. The van der Waals surface area contributed by atoms with E-state index in [0.717, 1.165) is 0 Å². The molecule has 14 heavy (non-hydrogen) atoms. The first-order valence-corrected chi connectivity index (χ1v) is 4.02. The van der Waals surface area contributed by atoms with Crippen LogP contribution >= 0.6 is 0 Å². The van der Waals surface area contributed by atoms with Crippen LogP contribution in [0.3, 0.4) is 0 Å². The quantitative estimate of drug-likeness (QED) is 0.788. The topological polar surface area (TPSA) is 68.3 Å². The number of rotatable bonds is 2. The van der Waals surface area contributed by atoms with Crippen LogP contribution in [-0.2, 0) is 0 Å². The third-order valence-corrected chi connectivity index (χ3v) is 1.65. The average molecular weight is 192 g/mol. The Morgan fingerprint density at radius 1 is 1.57 bits per heavy atom. The van der Waals surface area contributed by atoms with E-state index in [1.165, 1.54) is 12.5 Å². The Morgan fingerprint density at radius 3 is 3.00 bits per heavy atom. The van der Waals surface area contributed by atoms with E-state index in [2.05, 4.69) is 10.5 Å². The average Bonchev–Trinajstić information content (AvgIpc) is 2.75. The zero-order chi connectivity index (χ0) is 9.97. The molecule has 2 heterocycles. The molecule has 0 aliphatic carbocycles. The maximum absolute atomic E-state index is 11.4. The lowest BCUT2D eigenvalue weighted by molar-refractivity contribution is 0.102. The van der Waals surface area contributed by atoms with Gasteiger partial charge in [-0.1, -0.05) is 5.16 Å². The van der Waals surface area contributed by atoms with Crippen LogP contribution in [0.2, 0.25) is 0 Å². The lowest BCUT2D eigenvalue weighted by atomic mass is 10.3. The molecule has 2 aromatic rings. The van der Waals surface area contributed by atoms with E-state index in [4.69, 9.17) is 8.94 Å². The van der Waals surface area contributed by atoms with Crippen molar-refractivity contribution in [3.63, 3.8) is 0 Å². The molecule has 1 amide bonds.